The Bertz CT molecular complexity index is 694. The Morgan fingerprint density at radius 1 is 1.09 bits per heavy atom. The van der Waals surface area contributed by atoms with Crippen molar-refractivity contribution in [1.29, 1.82) is 0 Å². The van der Waals surface area contributed by atoms with E-state index >= 15 is 0 Å². The molecule has 2 saturated heterocycles. The Hall–Kier alpha value is -1.68. The van der Waals surface area contributed by atoms with E-state index in [2.05, 4.69) is 27.8 Å². The summed E-state index contributed by atoms with van der Waals surface area (Å²) in [7, 11) is 0. The van der Waals surface area contributed by atoms with Crippen LogP contribution in [0.15, 0.2) is 30.5 Å². The maximum Gasteiger partial charge on any atom is 0.125 e. The molecule has 4 rings (SSSR count). The zero-order valence-electron chi connectivity index (χ0n) is 13.7. The minimum absolute atomic E-state index is 0.219. The second kappa shape index (κ2) is 6.08. The first-order valence-corrected chi connectivity index (χ1v) is 8.77. The summed E-state index contributed by atoms with van der Waals surface area (Å²) >= 11 is 0. The first-order valence-electron chi connectivity index (χ1n) is 8.77. The molecule has 0 bridgehead atoms. The fourth-order valence-corrected chi connectivity index (χ4v) is 4.32. The van der Waals surface area contributed by atoms with Crippen LogP contribution in [-0.4, -0.2) is 41.6 Å². The third-order valence-corrected chi connectivity index (χ3v) is 5.56. The van der Waals surface area contributed by atoms with Crippen molar-refractivity contribution < 1.29 is 4.39 Å². The van der Waals surface area contributed by atoms with Gasteiger partial charge in [0.2, 0.25) is 0 Å². The summed E-state index contributed by atoms with van der Waals surface area (Å²) in [4.78, 5) is 9.46. The van der Waals surface area contributed by atoms with Crippen molar-refractivity contribution in [3.8, 4) is 0 Å². The SMILES string of the molecule is CC1CCCN1C1CCN(c2ccnc3cc(F)ccc23)CC1. The minimum Gasteiger partial charge on any atom is -0.371 e. The van der Waals surface area contributed by atoms with Crippen molar-refractivity contribution in [3.05, 3.63) is 36.3 Å². The van der Waals surface area contributed by atoms with Gasteiger partial charge in [0.1, 0.15) is 5.82 Å². The van der Waals surface area contributed by atoms with Crippen molar-refractivity contribution in [2.45, 2.75) is 44.7 Å². The number of fused-ring (bicyclic) bond motifs is 1. The molecule has 3 heterocycles. The van der Waals surface area contributed by atoms with Gasteiger partial charge in [-0.15, -0.1) is 0 Å². The van der Waals surface area contributed by atoms with Gasteiger partial charge in [-0.05, 0) is 57.4 Å². The third kappa shape index (κ3) is 2.80. The summed E-state index contributed by atoms with van der Waals surface area (Å²) < 4.78 is 13.4. The lowest BCUT2D eigenvalue weighted by atomic mass is 10.0. The highest BCUT2D eigenvalue weighted by atomic mass is 19.1. The van der Waals surface area contributed by atoms with Crippen LogP contribution in [0.2, 0.25) is 0 Å². The third-order valence-electron chi connectivity index (χ3n) is 5.56. The van der Waals surface area contributed by atoms with Gasteiger partial charge in [0.25, 0.3) is 0 Å². The fourth-order valence-electron chi connectivity index (χ4n) is 4.32. The molecule has 2 aliphatic rings. The van der Waals surface area contributed by atoms with Gasteiger partial charge in [0.05, 0.1) is 5.52 Å². The number of nitrogens with zero attached hydrogens (tertiary/aromatic N) is 3. The zero-order valence-corrected chi connectivity index (χ0v) is 13.7. The lowest BCUT2D eigenvalue weighted by molar-refractivity contribution is 0.163. The molecule has 0 radical (unpaired) electrons. The average molecular weight is 313 g/mol. The molecule has 0 saturated carbocycles. The molecule has 0 spiro atoms. The van der Waals surface area contributed by atoms with E-state index in [4.69, 9.17) is 0 Å². The number of piperidine rings is 1. The van der Waals surface area contributed by atoms with Crippen LogP contribution in [0.3, 0.4) is 0 Å². The predicted octanol–water partition coefficient (Wildman–Crippen LogP) is 3.83. The molecule has 3 nitrogen and oxygen atoms in total. The van der Waals surface area contributed by atoms with Crippen LogP contribution in [0.4, 0.5) is 10.1 Å². The monoisotopic (exact) mass is 313 g/mol. The highest BCUT2D eigenvalue weighted by Gasteiger charge is 2.30. The van der Waals surface area contributed by atoms with E-state index in [0.29, 0.717) is 0 Å². The topological polar surface area (TPSA) is 19.4 Å². The van der Waals surface area contributed by atoms with Gasteiger partial charge in [0, 0.05) is 48.5 Å². The number of pyridine rings is 1. The molecule has 1 unspecified atom stereocenters. The number of likely N-dealkylation sites (tertiary alicyclic amines) is 1. The molecule has 122 valence electrons. The van der Waals surface area contributed by atoms with Crippen LogP contribution >= 0.6 is 0 Å². The van der Waals surface area contributed by atoms with Crippen LogP contribution in [0.5, 0.6) is 0 Å². The molecular weight excluding hydrogens is 289 g/mol. The maximum atomic E-state index is 13.4. The van der Waals surface area contributed by atoms with Crippen LogP contribution in [-0.2, 0) is 0 Å². The van der Waals surface area contributed by atoms with Gasteiger partial charge in [-0.25, -0.2) is 4.39 Å². The molecule has 1 aromatic carbocycles. The van der Waals surface area contributed by atoms with Crippen molar-refractivity contribution in [1.82, 2.24) is 9.88 Å². The second-order valence-electron chi connectivity index (χ2n) is 6.94. The highest BCUT2D eigenvalue weighted by molar-refractivity contribution is 5.91. The molecule has 0 N–H and O–H groups in total. The molecular formula is C19H24FN3. The second-order valence-corrected chi connectivity index (χ2v) is 6.94. The number of benzene rings is 1. The Kier molecular flexibility index (Phi) is 3.93. The summed E-state index contributed by atoms with van der Waals surface area (Å²) in [6, 6.07) is 8.47. The summed E-state index contributed by atoms with van der Waals surface area (Å²) in [6.45, 7) is 5.78. The van der Waals surface area contributed by atoms with Gasteiger partial charge in [-0.3, -0.25) is 9.88 Å². The highest BCUT2D eigenvalue weighted by Crippen LogP contribution is 2.31. The van der Waals surface area contributed by atoms with E-state index in [0.717, 1.165) is 36.1 Å². The molecule has 4 heteroatoms. The molecule has 2 aliphatic heterocycles. The van der Waals surface area contributed by atoms with Crippen LogP contribution < -0.4 is 4.90 Å². The Balaban J connectivity index is 1.52. The van der Waals surface area contributed by atoms with Gasteiger partial charge >= 0.3 is 0 Å². The van der Waals surface area contributed by atoms with E-state index in [1.54, 1.807) is 6.20 Å². The molecule has 0 amide bonds. The number of halogens is 1. The average Bonchev–Trinajstić information content (AvgIpc) is 3.00. The normalized spacial score (nSPS) is 23.7. The summed E-state index contributed by atoms with van der Waals surface area (Å²) in [6.07, 6.45) is 6.93. The Morgan fingerprint density at radius 2 is 1.91 bits per heavy atom. The largest absolute Gasteiger partial charge is 0.371 e. The molecule has 0 aliphatic carbocycles. The number of anilines is 1. The summed E-state index contributed by atoms with van der Waals surface area (Å²) in [5, 5.41) is 1.06. The Labute approximate surface area is 137 Å². The van der Waals surface area contributed by atoms with E-state index < -0.39 is 0 Å². The van der Waals surface area contributed by atoms with Crippen LogP contribution in [0.25, 0.3) is 10.9 Å². The van der Waals surface area contributed by atoms with E-state index in [-0.39, 0.29) is 5.82 Å². The fraction of sp³-hybridized carbons (Fsp3) is 0.526. The molecule has 1 atom stereocenters. The number of rotatable bonds is 2. The molecule has 2 fully saturated rings. The van der Waals surface area contributed by atoms with Gasteiger partial charge in [0.15, 0.2) is 0 Å². The molecule has 1 aromatic heterocycles. The number of hydrogen-bond acceptors (Lipinski definition) is 3. The standard InChI is InChI=1S/C19H24FN3/c1-14-3-2-10-23(14)16-7-11-22(12-8-16)19-6-9-21-18-13-15(20)4-5-17(18)19/h4-6,9,13-14,16H,2-3,7-8,10-12H2,1H3. The van der Waals surface area contributed by atoms with Crippen molar-refractivity contribution >= 4 is 16.6 Å². The number of hydrogen-bond donors (Lipinski definition) is 0. The molecule has 2 aromatic rings. The number of aromatic nitrogens is 1. The van der Waals surface area contributed by atoms with Crippen LogP contribution in [0, 0.1) is 5.82 Å². The van der Waals surface area contributed by atoms with E-state index in [1.807, 2.05) is 6.07 Å². The summed E-state index contributed by atoms with van der Waals surface area (Å²) in [5.74, 6) is -0.219. The van der Waals surface area contributed by atoms with Crippen LogP contribution in [0.1, 0.15) is 32.6 Å². The first-order chi connectivity index (χ1) is 11.2. The lowest BCUT2D eigenvalue weighted by Gasteiger charge is -2.39. The smallest absolute Gasteiger partial charge is 0.125 e. The maximum absolute atomic E-state index is 13.4. The quantitative estimate of drug-likeness (QED) is 0.840. The van der Waals surface area contributed by atoms with E-state index in [9.17, 15) is 4.39 Å². The summed E-state index contributed by atoms with van der Waals surface area (Å²) in [5.41, 5.74) is 1.95. The lowest BCUT2D eigenvalue weighted by Crippen LogP contribution is -2.46. The van der Waals surface area contributed by atoms with Gasteiger partial charge in [-0.1, -0.05) is 0 Å². The van der Waals surface area contributed by atoms with Gasteiger partial charge < -0.3 is 4.90 Å². The first kappa shape index (κ1) is 14.9. The van der Waals surface area contributed by atoms with Crippen molar-refractivity contribution in [3.63, 3.8) is 0 Å². The van der Waals surface area contributed by atoms with E-state index in [1.165, 1.54) is 50.0 Å². The van der Waals surface area contributed by atoms with Gasteiger partial charge in [-0.2, -0.15) is 0 Å². The minimum atomic E-state index is -0.219. The molecule has 23 heavy (non-hydrogen) atoms. The van der Waals surface area contributed by atoms with Crippen molar-refractivity contribution in [2.24, 2.45) is 0 Å². The predicted molar refractivity (Wildman–Crippen MR) is 92.3 cm³/mol. The van der Waals surface area contributed by atoms with Crippen molar-refractivity contribution in [2.75, 3.05) is 24.5 Å². The zero-order chi connectivity index (χ0) is 15.8. The Morgan fingerprint density at radius 3 is 2.65 bits per heavy atom.